The van der Waals surface area contributed by atoms with Crippen LogP contribution in [0.3, 0.4) is 0 Å². The topological polar surface area (TPSA) is 45.2 Å². The van der Waals surface area contributed by atoms with Crippen molar-refractivity contribution in [3.8, 4) is 0 Å². The number of hydrogen-bond donors (Lipinski definition) is 1. The van der Waals surface area contributed by atoms with E-state index in [0.29, 0.717) is 6.04 Å². The molecule has 2 heterocycles. The van der Waals surface area contributed by atoms with Gasteiger partial charge in [-0.15, -0.1) is 11.3 Å². The Balaban J connectivity index is 1.63. The zero-order chi connectivity index (χ0) is 12.1. The second-order valence-electron chi connectivity index (χ2n) is 4.41. The molecule has 0 unspecified atom stereocenters. The van der Waals surface area contributed by atoms with E-state index < -0.39 is 0 Å². The number of piperidine rings is 1. The van der Waals surface area contributed by atoms with Crippen molar-refractivity contribution in [1.82, 2.24) is 15.2 Å². The van der Waals surface area contributed by atoms with E-state index in [2.05, 4.69) is 10.3 Å². The molecule has 1 amide bonds. The molecule has 1 saturated heterocycles. The molecule has 1 aromatic heterocycles. The van der Waals surface area contributed by atoms with Gasteiger partial charge in [-0.2, -0.15) is 0 Å². The first kappa shape index (κ1) is 12.5. The zero-order valence-corrected chi connectivity index (χ0v) is 11.0. The lowest BCUT2D eigenvalue weighted by molar-refractivity contribution is -0.129. The summed E-state index contributed by atoms with van der Waals surface area (Å²) in [7, 11) is 0. The molecule has 0 atom stereocenters. The third-order valence-corrected chi connectivity index (χ3v) is 4.04. The smallest absolute Gasteiger partial charge is 0.219 e. The number of hydrogen-bond acceptors (Lipinski definition) is 4. The highest BCUT2D eigenvalue weighted by Crippen LogP contribution is 2.10. The molecule has 0 bridgehead atoms. The number of thiazole rings is 1. The fourth-order valence-electron chi connectivity index (χ4n) is 2.16. The van der Waals surface area contributed by atoms with Crippen LogP contribution < -0.4 is 5.32 Å². The molecule has 1 aliphatic heterocycles. The minimum atomic E-state index is 0.200. The number of carbonyl (C=O) groups excluding carboxylic acids is 1. The molecule has 2 rings (SSSR count). The summed E-state index contributed by atoms with van der Waals surface area (Å²) in [5.74, 6) is 0.200. The summed E-state index contributed by atoms with van der Waals surface area (Å²) >= 11 is 1.71. The van der Waals surface area contributed by atoms with E-state index in [1.165, 1.54) is 5.01 Å². The van der Waals surface area contributed by atoms with E-state index in [1.807, 2.05) is 16.5 Å². The second-order valence-corrected chi connectivity index (χ2v) is 5.39. The SMILES string of the molecule is CC(=O)N1CCC(NCCc2nccs2)CC1. The number of rotatable bonds is 4. The summed E-state index contributed by atoms with van der Waals surface area (Å²) in [6.07, 6.45) is 4.99. The Morgan fingerprint density at radius 1 is 1.59 bits per heavy atom. The van der Waals surface area contributed by atoms with Crippen molar-refractivity contribution >= 4 is 17.2 Å². The minimum absolute atomic E-state index is 0.200. The van der Waals surface area contributed by atoms with Crippen LogP contribution in [0.25, 0.3) is 0 Å². The molecule has 0 aromatic carbocycles. The van der Waals surface area contributed by atoms with Crippen molar-refractivity contribution in [2.24, 2.45) is 0 Å². The van der Waals surface area contributed by atoms with Crippen molar-refractivity contribution in [1.29, 1.82) is 0 Å². The maximum atomic E-state index is 11.2. The standard InChI is InChI=1S/C12H19N3OS/c1-10(16)15-7-3-11(4-8-15)13-5-2-12-14-6-9-17-12/h6,9,11,13H,2-5,7-8H2,1H3. The molecule has 0 aliphatic carbocycles. The molecular weight excluding hydrogens is 234 g/mol. The van der Waals surface area contributed by atoms with Gasteiger partial charge in [0.15, 0.2) is 0 Å². The van der Waals surface area contributed by atoms with Crippen molar-refractivity contribution in [3.63, 3.8) is 0 Å². The number of carbonyl (C=O) groups is 1. The third-order valence-electron chi connectivity index (χ3n) is 3.20. The van der Waals surface area contributed by atoms with Gasteiger partial charge in [0.05, 0.1) is 5.01 Å². The van der Waals surface area contributed by atoms with E-state index in [0.717, 1.165) is 38.9 Å². The molecule has 94 valence electrons. The third kappa shape index (κ3) is 3.78. The van der Waals surface area contributed by atoms with Crippen molar-refractivity contribution in [2.75, 3.05) is 19.6 Å². The molecule has 1 aromatic rings. The van der Waals surface area contributed by atoms with Gasteiger partial charge in [0.25, 0.3) is 0 Å². The van der Waals surface area contributed by atoms with E-state index in [9.17, 15) is 4.79 Å². The van der Waals surface area contributed by atoms with Gasteiger partial charge in [-0.25, -0.2) is 4.98 Å². The Hall–Kier alpha value is -0.940. The van der Waals surface area contributed by atoms with Gasteiger partial charge >= 0.3 is 0 Å². The van der Waals surface area contributed by atoms with Gasteiger partial charge in [-0.3, -0.25) is 4.79 Å². The van der Waals surface area contributed by atoms with Crippen LogP contribution in [-0.2, 0) is 11.2 Å². The summed E-state index contributed by atoms with van der Waals surface area (Å²) in [5, 5.41) is 6.76. The molecule has 5 heteroatoms. The quantitative estimate of drug-likeness (QED) is 0.879. The zero-order valence-electron chi connectivity index (χ0n) is 10.2. The van der Waals surface area contributed by atoms with Crippen LogP contribution in [0, 0.1) is 0 Å². The number of likely N-dealkylation sites (tertiary alicyclic amines) is 1. The van der Waals surface area contributed by atoms with E-state index in [1.54, 1.807) is 18.3 Å². The predicted molar refractivity (Wildman–Crippen MR) is 69.1 cm³/mol. The van der Waals surface area contributed by atoms with Gasteiger partial charge in [0.1, 0.15) is 0 Å². The Morgan fingerprint density at radius 2 is 2.35 bits per heavy atom. The van der Waals surface area contributed by atoms with Crippen molar-refractivity contribution in [3.05, 3.63) is 16.6 Å². The van der Waals surface area contributed by atoms with E-state index >= 15 is 0 Å². The molecule has 1 N–H and O–H groups in total. The summed E-state index contributed by atoms with van der Waals surface area (Å²) in [6.45, 7) is 4.42. The fourth-order valence-corrected chi connectivity index (χ4v) is 2.78. The average molecular weight is 253 g/mol. The maximum Gasteiger partial charge on any atom is 0.219 e. The highest BCUT2D eigenvalue weighted by atomic mass is 32.1. The number of nitrogens with zero attached hydrogens (tertiary/aromatic N) is 2. The monoisotopic (exact) mass is 253 g/mol. The Bertz CT molecular complexity index is 345. The van der Waals surface area contributed by atoms with Crippen LogP contribution in [-0.4, -0.2) is 41.5 Å². The molecule has 0 saturated carbocycles. The van der Waals surface area contributed by atoms with Gasteiger partial charge in [-0.1, -0.05) is 0 Å². The van der Waals surface area contributed by atoms with Crippen LogP contribution in [0.1, 0.15) is 24.8 Å². The fraction of sp³-hybridized carbons (Fsp3) is 0.667. The summed E-state index contributed by atoms with van der Waals surface area (Å²) in [5.41, 5.74) is 0. The number of aromatic nitrogens is 1. The molecule has 17 heavy (non-hydrogen) atoms. The lowest BCUT2D eigenvalue weighted by Gasteiger charge is -2.31. The molecule has 1 aliphatic rings. The van der Waals surface area contributed by atoms with Crippen LogP contribution in [0.2, 0.25) is 0 Å². The molecule has 0 spiro atoms. The summed E-state index contributed by atoms with van der Waals surface area (Å²) in [6, 6.07) is 0.561. The van der Waals surface area contributed by atoms with Crippen molar-refractivity contribution < 1.29 is 4.79 Å². The van der Waals surface area contributed by atoms with Crippen LogP contribution in [0.4, 0.5) is 0 Å². The lowest BCUT2D eigenvalue weighted by Crippen LogP contribution is -2.44. The average Bonchev–Trinajstić information content (AvgIpc) is 2.83. The Morgan fingerprint density at radius 3 is 2.94 bits per heavy atom. The van der Waals surface area contributed by atoms with Crippen LogP contribution in [0.5, 0.6) is 0 Å². The Kier molecular flexibility index (Phi) is 4.50. The Labute approximate surface area is 106 Å². The summed E-state index contributed by atoms with van der Waals surface area (Å²) in [4.78, 5) is 17.4. The first-order valence-electron chi connectivity index (χ1n) is 6.13. The molecule has 0 radical (unpaired) electrons. The largest absolute Gasteiger partial charge is 0.343 e. The van der Waals surface area contributed by atoms with Gasteiger partial charge in [0.2, 0.25) is 5.91 Å². The highest BCUT2D eigenvalue weighted by molar-refractivity contribution is 7.09. The first-order chi connectivity index (χ1) is 8.25. The number of nitrogens with one attached hydrogen (secondary N) is 1. The number of amides is 1. The van der Waals surface area contributed by atoms with Crippen LogP contribution >= 0.6 is 11.3 Å². The molecule has 1 fully saturated rings. The van der Waals surface area contributed by atoms with E-state index in [-0.39, 0.29) is 5.91 Å². The highest BCUT2D eigenvalue weighted by Gasteiger charge is 2.19. The predicted octanol–water partition coefficient (Wildman–Crippen LogP) is 1.29. The van der Waals surface area contributed by atoms with Gasteiger partial charge < -0.3 is 10.2 Å². The van der Waals surface area contributed by atoms with Crippen molar-refractivity contribution in [2.45, 2.75) is 32.2 Å². The molecular formula is C12H19N3OS. The summed E-state index contributed by atoms with van der Waals surface area (Å²) < 4.78 is 0. The normalized spacial score (nSPS) is 17.4. The van der Waals surface area contributed by atoms with Gasteiger partial charge in [0, 0.05) is 50.6 Å². The first-order valence-corrected chi connectivity index (χ1v) is 7.01. The maximum absolute atomic E-state index is 11.2. The van der Waals surface area contributed by atoms with E-state index in [4.69, 9.17) is 0 Å². The molecule has 4 nitrogen and oxygen atoms in total. The second kappa shape index (κ2) is 6.12. The van der Waals surface area contributed by atoms with Gasteiger partial charge in [-0.05, 0) is 12.8 Å². The van der Waals surface area contributed by atoms with Crippen LogP contribution in [0.15, 0.2) is 11.6 Å². The lowest BCUT2D eigenvalue weighted by atomic mass is 10.1. The minimum Gasteiger partial charge on any atom is -0.343 e.